The second kappa shape index (κ2) is 9.86. The van der Waals surface area contributed by atoms with Crippen molar-refractivity contribution >= 4 is 38.5 Å². The van der Waals surface area contributed by atoms with Gasteiger partial charge < -0.3 is 14.6 Å². The lowest BCUT2D eigenvalue weighted by Crippen LogP contribution is -2.45. The first-order valence-corrected chi connectivity index (χ1v) is 13.8. The SMILES string of the molecule is Cc1cc2c(CC(=O)O)cccc2n1C(=O)c1ccc(OCC2CN(S(C)(=O)=O)c3ccccc3O2)cc1. The molecule has 0 aliphatic carbocycles. The van der Waals surface area contributed by atoms with Gasteiger partial charge in [0.05, 0.1) is 30.4 Å². The lowest BCUT2D eigenvalue weighted by Gasteiger charge is -2.34. The number of anilines is 1. The molecule has 0 radical (unpaired) electrons. The number of aromatic nitrogens is 1. The number of ether oxygens (including phenoxy) is 2. The number of benzene rings is 3. The summed E-state index contributed by atoms with van der Waals surface area (Å²) in [6.07, 6.45) is 0.514. The van der Waals surface area contributed by atoms with Crippen molar-refractivity contribution in [3.05, 3.63) is 89.6 Å². The Labute approximate surface area is 219 Å². The topological polar surface area (TPSA) is 115 Å². The van der Waals surface area contributed by atoms with E-state index in [0.29, 0.717) is 39.5 Å². The summed E-state index contributed by atoms with van der Waals surface area (Å²) >= 11 is 0. The summed E-state index contributed by atoms with van der Waals surface area (Å²) in [5, 5.41) is 9.95. The molecule has 0 spiro atoms. The highest BCUT2D eigenvalue weighted by Gasteiger charge is 2.31. The first-order chi connectivity index (χ1) is 18.1. The summed E-state index contributed by atoms with van der Waals surface area (Å²) < 4.78 is 39.3. The Kier molecular flexibility index (Phi) is 6.58. The minimum Gasteiger partial charge on any atom is -0.490 e. The average Bonchev–Trinajstić information content (AvgIpc) is 3.22. The quantitative estimate of drug-likeness (QED) is 0.383. The van der Waals surface area contributed by atoms with Gasteiger partial charge >= 0.3 is 5.97 Å². The van der Waals surface area contributed by atoms with Crippen LogP contribution in [0.15, 0.2) is 72.8 Å². The molecule has 1 unspecified atom stereocenters. The summed E-state index contributed by atoms with van der Waals surface area (Å²) in [5.41, 5.74) is 2.94. The van der Waals surface area contributed by atoms with Crippen molar-refractivity contribution in [2.75, 3.05) is 23.7 Å². The zero-order chi connectivity index (χ0) is 27.0. The summed E-state index contributed by atoms with van der Waals surface area (Å²) in [6, 6.07) is 20.7. The Balaban J connectivity index is 1.31. The van der Waals surface area contributed by atoms with Gasteiger partial charge in [0, 0.05) is 16.6 Å². The molecule has 0 bridgehead atoms. The molecule has 2 heterocycles. The van der Waals surface area contributed by atoms with Gasteiger partial charge in [-0.05, 0) is 61.0 Å². The van der Waals surface area contributed by atoms with Gasteiger partial charge in [-0.2, -0.15) is 0 Å². The summed E-state index contributed by atoms with van der Waals surface area (Å²) in [6.45, 7) is 2.04. The molecule has 0 saturated carbocycles. The Hall–Kier alpha value is -4.31. The number of carboxylic acid groups (broad SMARTS) is 1. The average molecular weight is 535 g/mol. The molecule has 1 N–H and O–H groups in total. The third kappa shape index (κ3) is 4.95. The standard InChI is InChI=1S/C28H26N2O7S/c1-18-14-23-20(15-27(31)32)6-5-8-24(23)30(18)28(33)19-10-12-21(13-11-19)36-17-22-16-29(38(2,34)35)25-7-3-4-9-26(25)37-22/h3-14,22H,15-17H2,1-2H3,(H,31,32). The molecule has 5 rings (SSSR count). The number of aliphatic carboxylic acids is 1. The Morgan fingerprint density at radius 2 is 1.79 bits per heavy atom. The number of sulfonamides is 1. The van der Waals surface area contributed by atoms with E-state index in [9.17, 15) is 23.1 Å². The zero-order valence-corrected chi connectivity index (χ0v) is 21.6. The maximum Gasteiger partial charge on any atom is 0.307 e. The number of para-hydroxylation sites is 2. The Morgan fingerprint density at radius 3 is 2.50 bits per heavy atom. The van der Waals surface area contributed by atoms with Crippen molar-refractivity contribution < 1.29 is 32.6 Å². The van der Waals surface area contributed by atoms with Crippen LogP contribution in [0.4, 0.5) is 5.69 Å². The highest BCUT2D eigenvalue weighted by molar-refractivity contribution is 7.92. The van der Waals surface area contributed by atoms with E-state index >= 15 is 0 Å². The predicted octanol–water partition coefficient (Wildman–Crippen LogP) is 3.87. The van der Waals surface area contributed by atoms with Crippen molar-refractivity contribution in [1.29, 1.82) is 0 Å². The second-order valence-electron chi connectivity index (χ2n) is 9.18. The van der Waals surface area contributed by atoms with E-state index in [1.54, 1.807) is 71.3 Å². The largest absolute Gasteiger partial charge is 0.490 e. The molecule has 38 heavy (non-hydrogen) atoms. The molecule has 196 valence electrons. The van der Waals surface area contributed by atoms with E-state index in [4.69, 9.17) is 9.47 Å². The van der Waals surface area contributed by atoms with Crippen LogP contribution in [-0.4, -0.2) is 55.5 Å². The van der Waals surface area contributed by atoms with Crippen molar-refractivity contribution in [2.24, 2.45) is 0 Å². The van der Waals surface area contributed by atoms with E-state index < -0.39 is 22.1 Å². The molecular weight excluding hydrogens is 508 g/mol. The van der Waals surface area contributed by atoms with Crippen molar-refractivity contribution in [3.63, 3.8) is 0 Å². The zero-order valence-electron chi connectivity index (χ0n) is 20.8. The van der Waals surface area contributed by atoms with Gasteiger partial charge in [-0.15, -0.1) is 0 Å². The van der Waals surface area contributed by atoms with Crippen LogP contribution in [-0.2, 0) is 21.2 Å². The Morgan fingerprint density at radius 1 is 1.05 bits per heavy atom. The maximum atomic E-state index is 13.4. The van der Waals surface area contributed by atoms with Crippen LogP contribution in [0.3, 0.4) is 0 Å². The van der Waals surface area contributed by atoms with Crippen LogP contribution in [0.2, 0.25) is 0 Å². The summed E-state index contributed by atoms with van der Waals surface area (Å²) in [7, 11) is -3.49. The number of carboxylic acids is 1. The molecule has 10 heteroatoms. The number of hydrogen-bond acceptors (Lipinski definition) is 6. The van der Waals surface area contributed by atoms with Gasteiger partial charge in [0.25, 0.3) is 5.91 Å². The fraction of sp³-hybridized carbons (Fsp3) is 0.214. The number of fused-ring (bicyclic) bond motifs is 2. The van der Waals surface area contributed by atoms with Gasteiger partial charge in [-0.3, -0.25) is 18.5 Å². The van der Waals surface area contributed by atoms with Crippen molar-refractivity contribution in [1.82, 2.24) is 4.57 Å². The fourth-order valence-electron chi connectivity index (χ4n) is 4.69. The van der Waals surface area contributed by atoms with Gasteiger partial charge in [0.2, 0.25) is 10.0 Å². The number of carbonyl (C=O) groups is 2. The lowest BCUT2D eigenvalue weighted by atomic mass is 10.1. The van der Waals surface area contributed by atoms with Gasteiger partial charge in [-0.1, -0.05) is 24.3 Å². The number of nitrogens with zero attached hydrogens (tertiary/aromatic N) is 2. The van der Waals surface area contributed by atoms with E-state index in [2.05, 4.69) is 0 Å². The number of hydrogen-bond donors (Lipinski definition) is 1. The third-order valence-corrected chi connectivity index (χ3v) is 7.55. The highest BCUT2D eigenvalue weighted by atomic mass is 32.2. The third-order valence-electron chi connectivity index (χ3n) is 6.40. The lowest BCUT2D eigenvalue weighted by molar-refractivity contribution is -0.136. The van der Waals surface area contributed by atoms with Crippen LogP contribution in [0.5, 0.6) is 11.5 Å². The van der Waals surface area contributed by atoms with Crippen molar-refractivity contribution in [2.45, 2.75) is 19.4 Å². The molecule has 0 saturated heterocycles. The first kappa shape index (κ1) is 25.3. The van der Waals surface area contributed by atoms with Crippen LogP contribution < -0.4 is 13.8 Å². The molecule has 1 atom stereocenters. The molecule has 1 aliphatic rings. The van der Waals surface area contributed by atoms with E-state index in [0.717, 1.165) is 11.6 Å². The normalized spacial score (nSPS) is 15.1. The van der Waals surface area contributed by atoms with Gasteiger partial charge in [0.1, 0.15) is 18.1 Å². The second-order valence-corrected chi connectivity index (χ2v) is 11.1. The molecule has 0 amide bonds. The molecule has 1 aromatic heterocycles. The maximum absolute atomic E-state index is 13.4. The minimum atomic E-state index is -3.49. The van der Waals surface area contributed by atoms with Crippen LogP contribution in [0.1, 0.15) is 21.6 Å². The van der Waals surface area contributed by atoms with E-state index in [1.165, 1.54) is 4.31 Å². The first-order valence-electron chi connectivity index (χ1n) is 11.9. The summed E-state index contributed by atoms with van der Waals surface area (Å²) in [5.74, 6) is -0.198. The molecule has 3 aromatic carbocycles. The highest BCUT2D eigenvalue weighted by Crippen LogP contribution is 2.34. The van der Waals surface area contributed by atoms with Gasteiger partial charge in [0.15, 0.2) is 6.10 Å². The Bertz CT molecular complexity index is 1640. The molecule has 0 fully saturated rings. The molecule has 4 aromatic rings. The molecule has 9 nitrogen and oxygen atoms in total. The van der Waals surface area contributed by atoms with Gasteiger partial charge in [-0.25, -0.2) is 8.42 Å². The van der Waals surface area contributed by atoms with Crippen LogP contribution in [0, 0.1) is 6.92 Å². The molecular formula is C28H26N2O7S. The predicted molar refractivity (Wildman–Crippen MR) is 143 cm³/mol. The molecule has 1 aliphatic heterocycles. The van der Waals surface area contributed by atoms with Crippen molar-refractivity contribution in [3.8, 4) is 11.5 Å². The van der Waals surface area contributed by atoms with Crippen LogP contribution >= 0.6 is 0 Å². The fourth-order valence-corrected chi connectivity index (χ4v) is 5.63. The smallest absolute Gasteiger partial charge is 0.307 e. The number of aryl methyl sites for hydroxylation is 1. The summed E-state index contributed by atoms with van der Waals surface area (Å²) in [4.78, 5) is 24.6. The minimum absolute atomic E-state index is 0.112. The van der Waals surface area contributed by atoms with E-state index in [1.807, 2.05) is 13.0 Å². The monoisotopic (exact) mass is 534 g/mol. The van der Waals surface area contributed by atoms with Crippen LogP contribution in [0.25, 0.3) is 10.9 Å². The van der Waals surface area contributed by atoms with E-state index in [-0.39, 0.29) is 25.5 Å². The number of carbonyl (C=O) groups excluding carboxylic acids is 1. The number of rotatable bonds is 7.